The smallest absolute Gasteiger partial charge is 0.251 e. The van der Waals surface area contributed by atoms with Crippen molar-refractivity contribution in [2.75, 3.05) is 0 Å². The van der Waals surface area contributed by atoms with E-state index < -0.39 is 6.10 Å². The van der Waals surface area contributed by atoms with Gasteiger partial charge in [0.1, 0.15) is 0 Å². The van der Waals surface area contributed by atoms with Gasteiger partial charge in [-0.2, -0.15) is 0 Å². The Kier molecular flexibility index (Phi) is 4.39. The van der Waals surface area contributed by atoms with Crippen LogP contribution in [0.2, 0.25) is 0 Å². The number of aliphatic hydroxyl groups is 1. The van der Waals surface area contributed by atoms with Crippen LogP contribution in [0.25, 0.3) is 0 Å². The Morgan fingerprint density at radius 1 is 1.42 bits per heavy atom. The van der Waals surface area contributed by atoms with Gasteiger partial charge in [0, 0.05) is 16.7 Å². The van der Waals surface area contributed by atoms with Crippen molar-refractivity contribution in [3.05, 3.63) is 51.9 Å². The molecule has 0 aliphatic heterocycles. The van der Waals surface area contributed by atoms with Gasteiger partial charge in [0.15, 0.2) is 5.16 Å². The van der Waals surface area contributed by atoms with Gasteiger partial charge in [-0.15, -0.1) is 0 Å². The average Bonchev–Trinajstić information content (AvgIpc) is 2.37. The molecule has 4 nitrogen and oxygen atoms in total. The van der Waals surface area contributed by atoms with E-state index in [9.17, 15) is 9.90 Å². The van der Waals surface area contributed by atoms with E-state index in [1.165, 1.54) is 17.8 Å². The number of nitrogens with zero attached hydrogens (tertiary/aromatic N) is 1. The number of aromatic nitrogens is 2. The molecule has 0 unspecified atom stereocenters. The van der Waals surface area contributed by atoms with E-state index in [4.69, 9.17) is 0 Å². The molecule has 100 valence electrons. The molecule has 2 N–H and O–H groups in total. The summed E-state index contributed by atoms with van der Waals surface area (Å²) in [5, 5.41) is 10.5. The number of nitrogens with one attached hydrogen (secondary N) is 1. The zero-order valence-corrected chi connectivity index (χ0v) is 11.7. The molecule has 0 radical (unpaired) electrons. The molecular formula is C14H16N2O2S. The number of hydrogen-bond acceptors (Lipinski definition) is 4. The Morgan fingerprint density at radius 2 is 2.16 bits per heavy atom. The van der Waals surface area contributed by atoms with E-state index in [0.29, 0.717) is 17.3 Å². The minimum Gasteiger partial charge on any atom is -0.388 e. The Balaban J connectivity index is 2.35. The van der Waals surface area contributed by atoms with E-state index >= 15 is 0 Å². The quantitative estimate of drug-likeness (QED) is 0.843. The Bertz CT molecular complexity index is 625. The monoisotopic (exact) mass is 276 g/mol. The van der Waals surface area contributed by atoms with Crippen LogP contribution >= 0.6 is 11.8 Å². The molecular weight excluding hydrogens is 260 g/mol. The second-order valence-corrected chi connectivity index (χ2v) is 5.29. The van der Waals surface area contributed by atoms with Gasteiger partial charge in [-0.1, -0.05) is 36.9 Å². The van der Waals surface area contributed by atoms with Crippen molar-refractivity contribution in [2.24, 2.45) is 0 Å². The molecule has 0 saturated carbocycles. The predicted molar refractivity (Wildman–Crippen MR) is 75.4 cm³/mol. The first kappa shape index (κ1) is 13.8. The summed E-state index contributed by atoms with van der Waals surface area (Å²) in [6, 6.07) is 9.06. The topological polar surface area (TPSA) is 66.0 Å². The van der Waals surface area contributed by atoms with Crippen LogP contribution in [-0.4, -0.2) is 15.1 Å². The van der Waals surface area contributed by atoms with E-state index in [1.54, 1.807) is 6.92 Å². The van der Waals surface area contributed by atoms with Crippen molar-refractivity contribution in [1.29, 1.82) is 0 Å². The number of rotatable bonds is 4. The number of aliphatic hydroxyl groups excluding tert-OH is 1. The summed E-state index contributed by atoms with van der Waals surface area (Å²) in [7, 11) is 0. The molecule has 1 aromatic heterocycles. The highest BCUT2D eigenvalue weighted by Gasteiger charge is 2.12. The second kappa shape index (κ2) is 6.04. The van der Waals surface area contributed by atoms with Crippen LogP contribution in [0.15, 0.2) is 45.2 Å². The molecule has 0 aliphatic carbocycles. The molecule has 1 aromatic carbocycles. The highest BCUT2D eigenvalue weighted by atomic mass is 32.2. The Morgan fingerprint density at radius 3 is 2.84 bits per heavy atom. The molecule has 19 heavy (non-hydrogen) atoms. The van der Waals surface area contributed by atoms with Crippen LogP contribution in [0, 0.1) is 6.92 Å². The highest BCUT2D eigenvalue weighted by Crippen LogP contribution is 2.32. The van der Waals surface area contributed by atoms with Crippen molar-refractivity contribution < 1.29 is 5.11 Å². The number of benzene rings is 1. The zero-order valence-electron chi connectivity index (χ0n) is 10.9. The molecule has 1 heterocycles. The highest BCUT2D eigenvalue weighted by molar-refractivity contribution is 7.99. The normalized spacial score (nSPS) is 12.4. The van der Waals surface area contributed by atoms with E-state index in [0.717, 1.165) is 10.5 Å². The first-order valence-electron chi connectivity index (χ1n) is 6.13. The zero-order chi connectivity index (χ0) is 13.8. The first-order valence-corrected chi connectivity index (χ1v) is 6.94. The fraction of sp³-hybridized carbons (Fsp3) is 0.286. The van der Waals surface area contributed by atoms with Crippen LogP contribution in [0.1, 0.15) is 30.7 Å². The third-order valence-electron chi connectivity index (χ3n) is 2.72. The maximum absolute atomic E-state index is 11.4. The maximum atomic E-state index is 11.4. The lowest BCUT2D eigenvalue weighted by Crippen LogP contribution is -2.08. The van der Waals surface area contributed by atoms with Crippen LogP contribution in [0.4, 0.5) is 0 Å². The Labute approximate surface area is 115 Å². The van der Waals surface area contributed by atoms with Gasteiger partial charge in [0.25, 0.3) is 5.56 Å². The molecule has 0 spiro atoms. The first-order chi connectivity index (χ1) is 9.10. The molecule has 1 atom stereocenters. The summed E-state index contributed by atoms with van der Waals surface area (Å²) in [6.45, 7) is 3.71. The van der Waals surface area contributed by atoms with Crippen LogP contribution in [0.3, 0.4) is 0 Å². The summed E-state index contributed by atoms with van der Waals surface area (Å²) < 4.78 is 0. The summed E-state index contributed by atoms with van der Waals surface area (Å²) in [5.41, 5.74) is 1.38. The molecule has 0 bridgehead atoms. The van der Waals surface area contributed by atoms with E-state index in [2.05, 4.69) is 9.97 Å². The standard InChI is InChI=1S/C14H16N2O2S/c1-3-11(17)10-6-4-5-7-12(10)19-14-15-9(2)8-13(18)16-14/h4-8,11,17H,3H2,1-2H3,(H,15,16,18)/t11-/m1/s1. The second-order valence-electron chi connectivity index (χ2n) is 4.26. The van der Waals surface area contributed by atoms with Gasteiger partial charge in [0.05, 0.1) is 6.10 Å². The van der Waals surface area contributed by atoms with Gasteiger partial charge >= 0.3 is 0 Å². The van der Waals surface area contributed by atoms with Crippen LogP contribution < -0.4 is 5.56 Å². The minimum atomic E-state index is -0.500. The predicted octanol–water partition coefficient (Wildman–Crippen LogP) is 2.67. The molecule has 0 aliphatic rings. The van der Waals surface area contributed by atoms with Crippen molar-refractivity contribution in [2.45, 2.75) is 36.4 Å². The van der Waals surface area contributed by atoms with Crippen molar-refractivity contribution >= 4 is 11.8 Å². The van der Waals surface area contributed by atoms with Crippen molar-refractivity contribution in [1.82, 2.24) is 9.97 Å². The van der Waals surface area contributed by atoms with Crippen LogP contribution in [0.5, 0.6) is 0 Å². The van der Waals surface area contributed by atoms with E-state index in [-0.39, 0.29) is 5.56 Å². The van der Waals surface area contributed by atoms with Gasteiger partial charge in [-0.05, 0) is 25.0 Å². The number of aryl methyl sites for hydroxylation is 1. The minimum absolute atomic E-state index is 0.163. The van der Waals surface area contributed by atoms with Gasteiger partial charge in [0.2, 0.25) is 0 Å². The molecule has 0 saturated heterocycles. The van der Waals surface area contributed by atoms with Gasteiger partial charge in [-0.25, -0.2) is 4.98 Å². The van der Waals surface area contributed by atoms with Crippen molar-refractivity contribution in [3.8, 4) is 0 Å². The third kappa shape index (κ3) is 3.45. The summed E-state index contributed by atoms with van der Waals surface area (Å²) in [6.07, 6.45) is 0.148. The Hall–Kier alpha value is -1.59. The SMILES string of the molecule is CC[C@@H](O)c1ccccc1Sc1nc(C)cc(=O)[nH]1. The summed E-state index contributed by atoms with van der Waals surface area (Å²) in [5.74, 6) is 0. The number of hydrogen-bond donors (Lipinski definition) is 2. The number of aromatic amines is 1. The van der Waals surface area contributed by atoms with Gasteiger partial charge in [-0.3, -0.25) is 4.79 Å². The average molecular weight is 276 g/mol. The summed E-state index contributed by atoms with van der Waals surface area (Å²) in [4.78, 5) is 19.3. The van der Waals surface area contributed by atoms with E-state index in [1.807, 2.05) is 31.2 Å². The molecule has 2 rings (SSSR count). The molecule has 0 amide bonds. The molecule has 5 heteroatoms. The summed E-state index contributed by atoms with van der Waals surface area (Å²) >= 11 is 1.36. The fourth-order valence-corrected chi connectivity index (χ4v) is 2.79. The van der Waals surface area contributed by atoms with Crippen LogP contribution in [-0.2, 0) is 0 Å². The molecule has 0 fully saturated rings. The molecule has 2 aromatic rings. The number of H-pyrrole nitrogens is 1. The third-order valence-corrected chi connectivity index (χ3v) is 3.70. The lowest BCUT2D eigenvalue weighted by molar-refractivity contribution is 0.171. The fourth-order valence-electron chi connectivity index (χ4n) is 1.77. The maximum Gasteiger partial charge on any atom is 0.251 e. The van der Waals surface area contributed by atoms with Crippen molar-refractivity contribution in [3.63, 3.8) is 0 Å². The largest absolute Gasteiger partial charge is 0.388 e. The lowest BCUT2D eigenvalue weighted by atomic mass is 10.1. The van der Waals surface area contributed by atoms with Gasteiger partial charge < -0.3 is 10.1 Å². The lowest BCUT2D eigenvalue weighted by Gasteiger charge is -2.13.